The summed E-state index contributed by atoms with van der Waals surface area (Å²) in [6, 6.07) is 8.57. The molecule has 0 unspecified atom stereocenters. The molecule has 3 fully saturated rings. The van der Waals surface area contributed by atoms with Gasteiger partial charge in [-0.15, -0.1) is 0 Å². The van der Waals surface area contributed by atoms with Crippen LogP contribution in [0.15, 0.2) is 42.0 Å². The van der Waals surface area contributed by atoms with Gasteiger partial charge in [-0.25, -0.2) is 4.79 Å². The average molecular weight is 627 g/mol. The summed E-state index contributed by atoms with van der Waals surface area (Å²) in [7, 11) is 0. The van der Waals surface area contributed by atoms with E-state index in [1.54, 1.807) is 57.2 Å². The van der Waals surface area contributed by atoms with Crippen molar-refractivity contribution in [2.45, 2.75) is 128 Å². The molecule has 4 aliphatic rings. The highest BCUT2D eigenvalue weighted by Gasteiger charge is 2.69. The maximum absolute atomic E-state index is 13.6. The van der Waals surface area contributed by atoms with Crippen LogP contribution in [0.5, 0.6) is 0 Å². The van der Waals surface area contributed by atoms with Crippen LogP contribution in [-0.4, -0.2) is 73.3 Å². The molecule has 9 heteroatoms. The van der Waals surface area contributed by atoms with Crippen molar-refractivity contribution in [1.29, 1.82) is 0 Å². The second-order valence-corrected chi connectivity index (χ2v) is 15.5. The maximum atomic E-state index is 13.6. The van der Waals surface area contributed by atoms with Crippen LogP contribution in [0.1, 0.15) is 103 Å². The zero-order valence-corrected chi connectivity index (χ0v) is 27.4. The predicted octanol–water partition coefficient (Wildman–Crippen LogP) is 4.29. The van der Waals surface area contributed by atoms with Gasteiger partial charge in [0.1, 0.15) is 17.3 Å². The van der Waals surface area contributed by atoms with Crippen molar-refractivity contribution in [3.05, 3.63) is 47.5 Å². The fraction of sp³-hybridized carbons (Fsp3) is 0.694. The van der Waals surface area contributed by atoms with Crippen LogP contribution in [0.2, 0.25) is 0 Å². The zero-order chi connectivity index (χ0) is 33.2. The first-order valence-corrected chi connectivity index (χ1v) is 16.4. The van der Waals surface area contributed by atoms with Crippen LogP contribution < -0.4 is 0 Å². The Kier molecular flexibility index (Phi) is 8.69. The molecule has 45 heavy (non-hydrogen) atoms. The fourth-order valence-electron chi connectivity index (χ4n) is 9.69. The Bertz CT molecular complexity index is 1350. The molecule has 248 valence electrons. The summed E-state index contributed by atoms with van der Waals surface area (Å²) in [5.74, 6) is -2.22. The molecular weight excluding hydrogens is 576 g/mol. The van der Waals surface area contributed by atoms with Gasteiger partial charge in [0.25, 0.3) is 0 Å². The predicted molar refractivity (Wildman–Crippen MR) is 166 cm³/mol. The average Bonchev–Trinajstić information content (AvgIpc) is 3.24. The number of ketones is 1. The lowest BCUT2D eigenvalue weighted by Crippen LogP contribution is -2.63. The van der Waals surface area contributed by atoms with Crippen LogP contribution >= 0.6 is 0 Å². The topological polar surface area (TPSA) is 151 Å². The number of hydrogen-bond donors (Lipinski definition) is 4. The van der Waals surface area contributed by atoms with Crippen LogP contribution in [0.3, 0.4) is 0 Å². The Balaban J connectivity index is 1.47. The van der Waals surface area contributed by atoms with Crippen molar-refractivity contribution in [3.63, 3.8) is 0 Å². The van der Waals surface area contributed by atoms with E-state index >= 15 is 0 Å². The third-order valence-corrected chi connectivity index (χ3v) is 12.2. The Hall–Kier alpha value is -2.59. The zero-order valence-electron chi connectivity index (χ0n) is 27.4. The Morgan fingerprint density at radius 3 is 2.33 bits per heavy atom. The summed E-state index contributed by atoms with van der Waals surface area (Å²) in [5.41, 5.74) is -4.28. The summed E-state index contributed by atoms with van der Waals surface area (Å²) in [4.78, 5) is 38.6. The molecule has 0 spiro atoms. The Morgan fingerprint density at radius 1 is 1.02 bits per heavy atom. The molecule has 0 aliphatic heterocycles. The number of fused-ring (bicyclic) bond motifs is 5. The number of ether oxygens (including phenoxy) is 2. The van der Waals surface area contributed by atoms with Crippen LogP contribution in [0.25, 0.3) is 0 Å². The minimum atomic E-state index is -1.58. The third-order valence-electron chi connectivity index (χ3n) is 12.2. The molecule has 1 aromatic rings. The number of carbonyl (C=O) groups excluding carboxylic acids is 3. The lowest BCUT2D eigenvalue weighted by atomic mass is 9.45. The van der Waals surface area contributed by atoms with Gasteiger partial charge in [0.15, 0.2) is 5.78 Å². The van der Waals surface area contributed by atoms with Gasteiger partial charge in [0.2, 0.25) is 0 Å². The first-order valence-electron chi connectivity index (χ1n) is 16.4. The molecule has 4 N–H and O–H groups in total. The molecule has 10 atom stereocenters. The van der Waals surface area contributed by atoms with Crippen molar-refractivity contribution < 1.29 is 44.3 Å². The molecule has 3 saturated carbocycles. The summed E-state index contributed by atoms with van der Waals surface area (Å²) in [6.07, 6.45) is 1.67. The lowest BCUT2D eigenvalue weighted by molar-refractivity contribution is -0.179. The smallest absolute Gasteiger partial charge is 0.338 e. The third kappa shape index (κ3) is 5.68. The summed E-state index contributed by atoms with van der Waals surface area (Å²) in [6.45, 7) is 10.5. The largest absolute Gasteiger partial charge is 0.460 e. The van der Waals surface area contributed by atoms with E-state index in [9.17, 15) is 34.8 Å². The maximum Gasteiger partial charge on any atom is 0.338 e. The van der Waals surface area contributed by atoms with Gasteiger partial charge in [-0.05, 0) is 113 Å². The number of esters is 2. The van der Waals surface area contributed by atoms with Gasteiger partial charge < -0.3 is 29.9 Å². The second-order valence-electron chi connectivity index (χ2n) is 15.5. The van der Waals surface area contributed by atoms with Gasteiger partial charge in [-0.1, -0.05) is 32.0 Å². The van der Waals surface area contributed by atoms with E-state index in [4.69, 9.17) is 9.47 Å². The van der Waals surface area contributed by atoms with E-state index in [1.807, 2.05) is 13.8 Å². The number of rotatable bonds is 8. The molecule has 0 amide bonds. The molecule has 4 aliphatic carbocycles. The summed E-state index contributed by atoms with van der Waals surface area (Å²) < 4.78 is 11.6. The fourth-order valence-corrected chi connectivity index (χ4v) is 9.69. The molecule has 0 radical (unpaired) electrons. The van der Waals surface area contributed by atoms with E-state index in [1.165, 1.54) is 6.92 Å². The molecular formula is C36H50O9. The molecule has 0 aromatic heterocycles. The van der Waals surface area contributed by atoms with Crippen LogP contribution in [0, 0.1) is 28.6 Å². The van der Waals surface area contributed by atoms with Gasteiger partial charge in [-0.3, -0.25) is 9.59 Å². The number of allylic oxidation sites excluding steroid dienone is 1. The number of benzene rings is 1. The van der Waals surface area contributed by atoms with Crippen molar-refractivity contribution >= 4 is 17.7 Å². The molecule has 0 bridgehead atoms. The first-order chi connectivity index (χ1) is 20.9. The van der Waals surface area contributed by atoms with E-state index in [2.05, 4.69) is 0 Å². The van der Waals surface area contributed by atoms with E-state index in [-0.39, 0.29) is 31.0 Å². The Labute approximate surface area is 266 Å². The van der Waals surface area contributed by atoms with Crippen molar-refractivity contribution in [3.8, 4) is 0 Å². The molecule has 1 aromatic carbocycles. The van der Waals surface area contributed by atoms with E-state index in [0.29, 0.717) is 43.2 Å². The highest BCUT2D eigenvalue weighted by molar-refractivity contribution is 5.95. The SMILES string of the molecule is CC(=O)OC(C)(C)CC[C@@H](OC(=O)c1ccccc1)[C@](C)(O)[C@H]1CC[C@@]2(O)C3=CC(=O)[C@@H]4C[C@@H](O)[C@@H](O)C[C@]4(C)[C@H]3CC[C@]12C. The lowest BCUT2D eigenvalue weighted by Gasteiger charge is -2.60. The van der Waals surface area contributed by atoms with E-state index < -0.39 is 69.7 Å². The quantitative estimate of drug-likeness (QED) is 0.310. The van der Waals surface area contributed by atoms with Crippen LogP contribution in [0.4, 0.5) is 0 Å². The normalized spacial score (nSPS) is 38.1. The van der Waals surface area contributed by atoms with Gasteiger partial charge in [0, 0.05) is 18.3 Å². The minimum absolute atomic E-state index is 0.134. The number of carbonyl (C=O) groups is 3. The molecule has 0 heterocycles. The highest BCUT2D eigenvalue weighted by Crippen LogP contribution is 2.68. The van der Waals surface area contributed by atoms with Crippen molar-refractivity contribution in [2.24, 2.45) is 28.6 Å². The van der Waals surface area contributed by atoms with Crippen molar-refractivity contribution in [1.82, 2.24) is 0 Å². The summed E-state index contributed by atoms with van der Waals surface area (Å²) >= 11 is 0. The number of aliphatic hydroxyl groups excluding tert-OH is 2. The van der Waals surface area contributed by atoms with Gasteiger partial charge >= 0.3 is 11.9 Å². The van der Waals surface area contributed by atoms with Gasteiger partial charge in [0.05, 0.1) is 23.4 Å². The number of hydrogen-bond acceptors (Lipinski definition) is 9. The number of aliphatic hydroxyl groups is 4. The standard InChI is InChI=1S/C36H50O9/c1-21(37)45-32(2,3)15-14-30(44-31(41)22-10-8-7-9-11-22)35(6,42)29-13-17-36(43)24-18-26(38)25-19-27(39)28(40)20-33(25,4)23(24)12-16-34(29,36)5/h7-11,18,23,25,27-30,39-40,42-43H,12-17,19-20H2,1-6H3/t23-,25-,27+,28-,29-,30+,33+,34+,35+,36+/m0/s1. The van der Waals surface area contributed by atoms with Gasteiger partial charge in [-0.2, -0.15) is 0 Å². The monoisotopic (exact) mass is 626 g/mol. The van der Waals surface area contributed by atoms with E-state index in [0.717, 1.165) is 0 Å². The molecule has 9 nitrogen and oxygen atoms in total. The Morgan fingerprint density at radius 2 is 1.69 bits per heavy atom. The van der Waals surface area contributed by atoms with Crippen molar-refractivity contribution in [2.75, 3.05) is 0 Å². The second kappa shape index (κ2) is 11.6. The van der Waals surface area contributed by atoms with Crippen LogP contribution in [-0.2, 0) is 19.1 Å². The minimum Gasteiger partial charge on any atom is -0.460 e. The summed E-state index contributed by atoms with van der Waals surface area (Å²) in [5, 5.41) is 46.1. The molecule has 0 saturated heterocycles. The highest BCUT2D eigenvalue weighted by atomic mass is 16.6. The first kappa shape index (κ1) is 33.8. The molecule has 5 rings (SSSR count).